The van der Waals surface area contributed by atoms with E-state index >= 15 is 0 Å². The van der Waals surface area contributed by atoms with Gasteiger partial charge < -0.3 is 0 Å². The van der Waals surface area contributed by atoms with Gasteiger partial charge in [-0.05, 0) is 41.0 Å². The predicted octanol–water partition coefficient (Wildman–Crippen LogP) is 5.44. The Hall–Kier alpha value is -1.37. The van der Waals surface area contributed by atoms with E-state index in [0.29, 0.717) is 5.92 Å². The molecule has 19 heavy (non-hydrogen) atoms. The molecule has 2 aromatic rings. The molecule has 0 saturated heterocycles. The Labute approximate surface area is 117 Å². The van der Waals surface area contributed by atoms with Gasteiger partial charge in [0.25, 0.3) is 0 Å². The van der Waals surface area contributed by atoms with Crippen LogP contribution in [0.5, 0.6) is 0 Å². The third kappa shape index (κ3) is 2.97. The van der Waals surface area contributed by atoms with Crippen LogP contribution >= 0.6 is 0 Å². The summed E-state index contributed by atoms with van der Waals surface area (Å²) in [4.78, 5) is 4.65. The lowest BCUT2D eigenvalue weighted by Crippen LogP contribution is -2.11. The third-order valence-electron chi connectivity index (χ3n) is 3.88. The highest BCUT2D eigenvalue weighted by Gasteiger charge is 2.16. The molecule has 0 aliphatic heterocycles. The smallest absolute Gasteiger partial charge is 0.0705 e. The van der Waals surface area contributed by atoms with Gasteiger partial charge in [-0.15, -0.1) is 0 Å². The molecule has 0 spiro atoms. The standard InChI is InChI=1S/C18H25N/c1-6-8-13(2)15-9-7-10-17-16(15)11-14(12-19-17)18(3,4)5/h7,9-13H,6,8H2,1-5H3. The lowest BCUT2D eigenvalue weighted by atomic mass is 9.86. The summed E-state index contributed by atoms with van der Waals surface area (Å²) < 4.78 is 0. The first kappa shape index (κ1) is 14.0. The van der Waals surface area contributed by atoms with Crippen molar-refractivity contribution in [2.45, 2.75) is 58.8 Å². The number of fused-ring (bicyclic) bond motifs is 1. The van der Waals surface area contributed by atoms with Gasteiger partial charge in [0.2, 0.25) is 0 Å². The topological polar surface area (TPSA) is 12.9 Å². The Morgan fingerprint density at radius 3 is 2.58 bits per heavy atom. The number of rotatable bonds is 3. The monoisotopic (exact) mass is 255 g/mol. The lowest BCUT2D eigenvalue weighted by Gasteiger charge is -2.20. The largest absolute Gasteiger partial charge is 0.256 e. The van der Waals surface area contributed by atoms with Crippen molar-refractivity contribution >= 4 is 10.9 Å². The SMILES string of the molecule is CCCC(C)c1cccc2ncc(C(C)(C)C)cc12. The van der Waals surface area contributed by atoms with Gasteiger partial charge in [0, 0.05) is 11.6 Å². The summed E-state index contributed by atoms with van der Waals surface area (Å²) in [6, 6.07) is 8.85. The molecule has 1 heteroatoms. The van der Waals surface area contributed by atoms with Crippen molar-refractivity contribution in [3.05, 3.63) is 41.6 Å². The van der Waals surface area contributed by atoms with Crippen LogP contribution in [0.15, 0.2) is 30.5 Å². The van der Waals surface area contributed by atoms with Gasteiger partial charge in [0.15, 0.2) is 0 Å². The number of hydrogen-bond donors (Lipinski definition) is 0. The van der Waals surface area contributed by atoms with Gasteiger partial charge in [0.1, 0.15) is 0 Å². The molecule has 2 rings (SSSR count). The molecule has 0 aliphatic carbocycles. The molecule has 0 amide bonds. The highest BCUT2D eigenvalue weighted by molar-refractivity contribution is 5.83. The van der Waals surface area contributed by atoms with Gasteiger partial charge in [-0.1, -0.05) is 53.2 Å². The first-order valence-corrected chi connectivity index (χ1v) is 7.32. The molecule has 1 heterocycles. The van der Waals surface area contributed by atoms with Crippen LogP contribution < -0.4 is 0 Å². The summed E-state index contributed by atoms with van der Waals surface area (Å²) in [5.74, 6) is 0.603. The Morgan fingerprint density at radius 1 is 1.21 bits per heavy atom. The lowest BCUT2D eigenvalue weighted by molar-refractivity contribution is 0.588. The molecule has 0 aliphatic rings. The molecule has 0 bridgehead atoms. The zero-order valence-electron chi connectivity index (χ0n) is 12.8. The number of hydrogen-bond acceptors (Lipinski definition) is 1. The minimum atomic E-state index is 0.155. The van der Waals surface area contributed by atoms with Crippen LogP contribution in [0, 0.1) is 0 Å². The highest BCUT2D eigenvalue weighted by Crippen LogP contribution is 2.31. The van der Waals surface area contributed by atoms with Crippen molar-refractivity contribution in [2.24, 2.45) is 0 Å². The van der Waals surface area contributed by atoms with E-state index in [-0.39, 0.29) is 5.41 Å². The van der Waals surface area contributed by atoms with Crippen LogP contribution in [0.4, 0.5) is 0 Å². The number of benzene rings is 1. The summed E-state index contributed by atoms with van der Waals surface area (Å²) >= 11 is 0. The molecule has 0 radical (unpaired) electrons. The van der Waals surface area contributed by atoms with Crippen LogP contribution in [0.25, 0.3) is 10.9 Å². The van der Waals surface area contributed by atoms with E-state index in [1.54, 1.807) is 0 Å². The van der Waals surface area contributed by atoms with E-state index in [2.05, 4.69) is 63.9 Å². The third-order valence-corrected chi connectivity index (χ3v) is 3.88. The van der Waals surface area contributed by atoms with Crippen molar-refractivity contribution < 1.29 is 0 Å². The molecule has 0 fully saturated rings. The van der Waals surface area contributed by atoms with Crippen molar-refractivity contribution in [2.75, 3.05) is 0 Å². The predicted molar refractivity (Wildman–Crippen MR) is 83.8 cm³/mol. The summed E-state index contributed by atoms with van der Waals surface area (Å²) in [7, 11) is 0. The van der Waals surface area contributed by atoms with Gasteiger partial charge in [0.05, 0.1) is 5.52 Å². The number of nitrogens with zero attached hydrogens (tertiary/aromatic N) is 1. The maximum atomic E-state index is 4.65. The highest BCUT2D eigenvalue weighted by atomic mass is 14.7. The minimum absolute atomic E-state index is 0.155. The second-order valence-electron chi connectivity index (χ2n) is 6.58. The summed E-state index contributed by atoms with van der Waals surface area (Å²) in [6.45, 7) is 11.3. The second kappa shape index (κ2) is 5.32. The van der Waals surface area contributed by atoms with Crippen LogP contribution in [0.2, 0.25) is 0 Å². The zero-order valence-corrected chi connectivity index (χ0v) is 12.8. The Kier molecular flexibility index (Phi) is 3.93. The quantitative estimate of drug-likeness (QED) is 0.712. The molecule has 1 atom stereocenters. The van der Waals surface area contributed by atoms with Crippen molar-refractivity contribution in [1.82, 2.24) is 4.98 Å². The van der Waals surface area contributed by atoms with Gasteiger partial charge in [-0.3, -0.25) is 4.98 Å². The van der Waals surface area contributed by atoms with E-state index < -0.39 is 0 Å². The fourth-order valence-corrected chi connectivity index (χ4v) is 2.60. The minimum Gasteiger partial charge on any atom is -0.256 e. The van der Waals surface area contributed by atoms with E-state index in [1.807, 2.05) is 6.20 Å². The van der Waals surface area contributed by atoms with E-state index in [4.69, 9.17) is 0 Å². The fourth-order valence-electron chi connectivity index (χ4n) is 2.60. The molecule has 1 aromatic carbocycles. The maximum absolute atomic E-state index is 4.65. The van der Waals surface area contributed by atoms with Crippen LogP contribution in [0.3, 0.4) is 0 Å². The van der Waals surface area contributed by atoms with E-state index in [1.165, 1.54) is 29.4 Å². The van der Waals surface area contributed by atoms with Crippen LogP contribution in [-0.2, 0) is 5.41 Å². The fraction of sp³-hybridized carbons (Fsp3) is 0.500. The average molecular weight is 255 g/mol. The molecule has 1 aromatic heterocycles. The summed E-state index contributed by atoms with van der Waals surface area (Å²) in [6.07, 6.45) is 4.49. The molecule has 0 N–H and O–H groups in total. The number of aromatic nitrogens is 1. The molecule has 1 nitrogen and oxygen atoms in total. The van der Waals surface area contributed by atoms with Gasteiger partial charge in [-0.25, -0.2) is 0 Å². The molecule has 102 valence electrons. The summed E-state index contributed by atoms with van der Waals surface area (Å²) in [5, 5.41) is 1.33. The van der Waals surface area contributed by atoms with Crippen molar-refractivity contribution in [1.29, 1.82) is 0 Å². The van der Waals surface area contributed by atoms with Crippen molar-refractivity contribution in [3.8, 4) is 0 Å². The Morgan fingerprint density at radius 2 is 1.95 bits per heavy atom. The first-order valence-electron chi connectivity index (χ1n) is 7.32. The van der Waals surface area contributed by atoms with E-state index in [9.17, 15) is 0 Å². The second-order valence-corrected chi connectivity index (χ2v) is 6.58. The Bertz CT molecular complexity index is 563. The maximum Gasteiger partial charge on any atom is 0.0705 e. The number of pyridine rings is 1. The Balaban J connectivity index is 2.58. The van der Waals surface area contributed by atoms with Crippen LogP contribution in [0.1, 0.15) is 64.5 Å². The van der Waals surface area contributed by atoms with Crippen molar-refractivity contribution in [3.63, 3.8) is 0 Å². The zero-order chi connectivity index (χ0) is 14.0. The molecular formula is C18H25N. The first-order chi connectivity index (χ1) is 8.93. The molecule has 1 unspecified atom stereocenters. The van der Waals surface area contributed by atoms with Gasteiger partial charge >= 0.3 is 0 Å². The summed E-state index contributed by atoms with van der Waals surface area (Å²) in [5.41, 5.74) is 4.03. The normalized spacial score (nSPS) is 13.7. The average Bonchev–Trinajstić information content (AvgIpc) is 2.36. The van der Waals surface area contributed by atoms with Gasteiger partial charge in [-0.2, -0.15) is 0 Å². The van der Waals surface area contributed by atoms with Crippen LogP contribution in [-0.4, -0.2) is 4.98 Å². The van der Waals surface area contributed by atoms with E-state index in [0.717, 1.165) is 5.52 Å². The molecular weight excluding hydrogens is 230 g/mol. The molecule has 0 saturated carbocycles.